The lowest BCUT2D eigenvalue weighted by Gasteiger charge is -2.50. The van der Waals surface area contributed by atoms with Crippen LogP contribution in [0.4, 0.5) is 0 Å². The second kappa shape index (κ2) is 6.06. The van der Waals surface area contributed by atoms with Crippen molar-refractivity contribution in [3.05, 3.63) is 58.3 Å². The largest absolute Gasteiger partial charge is 0.466 e. The van der Waals surface area contributed by atoms with Crippen LogP contribution >= 0.6 is 15.9 Å². The fraction of sp³-hybridized carbons (Fsp3) is 0.400. The number of pyridine rings is 1. The number of benzene rings is 1. The van der Waals surface area contributed by atoms with E-state index in [1.54, 1.807) is 6.20 Å². The summed E-state index contributed by atoms with van der Waals surface area (Å²) in [6.45, 7) is 2.04. The lowest BCUT2D eigenvalue weighted by molar-refractivity contribution is -0.147. The molecule has 1 spiro atoms. The van der Waals surface area contributed by atoms with Gasteiger partial charge in [0.1, 0.15) is 5.75 Å². The highest BCUT2D eigenvalue weighted by atomic mass is 79.9. The topological polar surface area (TPSA) is 41.0 Å². The van der Waals surface area contributed by atoms with Crippen LogP contribution in [-0.2, 0) is 0 Å². The zero-order valence-corrected chi connectivity index (χ0v) is 16.3. The summed E-state index contributed by atoms with van der Waals surface area (Å²) in [5.41, 5.74) is 3.06. The molecule has 0 N–H and O–H groups in total. The van der Waals surface area contributed by atoms with Gasteiger partial charge in [0, 0.05) is 60.3 Å². The van der Waals surface area contributed by atoms with Crippen LogP contribution in [0.5, 0.6) is 5.75 Å². The molecule has 0 aliphatic carbocycles. The Bertz CT molecular complexity index is 861. The third kappa shape index (κ3) is 2.55. The minimum atomic E-state index is -0.345. The molecule has 1 aromatic carbocycles. The number of aromatic nitrogens is 1. The first kappa shape index (κ1) is 16.3. The number of piperidine rings is 1. The molecule has 0 bridgehead atoms. The molecule has 2 aromatic rings. The maximum atomic E-state index is 6.62. The molecule has 1 atom stereocenters. The first-order chi connectivity index (χ1) is 12.6. The zero-order valence-electron chi connectivity index (χ0n) is 14.7. The Morgan fingerprint density at radius 1 is 1.23 bits per heavy atom. The van der Waals surface area contributed by atoms with Gasteiger partial charge >= 0.3 is 0 Å². The molecule has 1 aromatic heterocycles. The Morgan fingerprint density at radius 3 is 2.85 bits per heavy atom. The van der Waals surface area contributed by atoms with Crippen molar-refractivity contribution >= 4 is 21.6 Å². The molecule has 0 unspecified atom stereocenters. The fourth-order valence-corrected chi connectivity index (χ4v) is 4.64. The predicted molar refractivity (Wildman–Crippen MR) is 104 cm³/mol. The number of hydrogen-bond donors (Lipinski definition) is 0. The number of halogens is 1. The van der Waals surface area contributed by atoms with Crippen molar-refractivity contribution in [2.75, 3.05) is 20.1 Å². The summed E-state index contributed by atoms with van der Waals surface area (Å²) in [4.78, 5) is 6.64. The smallest absolute Gasteiger partial charge is 0.200 e. The first-order valence-electron chi connectivity index (χ1n) is 9.09. The van der Waals surface area contributed by atoms with E-state index in [4.69, 9.17) is 9.84 Å². The molecule has 1 fully saturated rings. The van der Waals surface area contributed by atoms with E-state index in [2.05, 4.69) is 62.1 Å². The minimum absolute atomic E-state index is 0.217. The molecule has 5 nitrogen and oxygen atoms in total. The fourth-order valence-electron chi connectivity index (χ4n) is 4.26. The van der Waals surface area contributed by atoms with E-state index in [0.717, 1.165) is 53.8 Å². The highest BCUT2D eigenvalue weighted by Crippen LogP contribution is 2.50. The van der Waals surface area contributed by atoms with E-state index < -0.39 is 0 Å². The molecular formula is C20H21BrN4O. The van der Waals surface area contributed by atoms with Crippen LogP contribution in [0.15, 0.2) is 52.3 Å². The van der Waals surface area contributed by atoms with Crippen molar-refractivity contribution in [2.45, 2.75) is 31.0 Å². The van der Waals surface area contributed by atoms with E-state index >= 15 is 0 Å². The van der Waals surface area contributed by atoms with Crippen LogP contribution in [0, 0.1) is 0 Å². The molecule has 1 saturated heterocycles. The normalized spacial score (nSPS) is 24.0. The Morgan fingerprint density at radius 2 is 2.08 bits per heavy atom. The number of hydrazone groups is 1. The molecule has 26 heavy (non-hydrogen) atoms. The Kier molecular flexibility index (Phi) is 3.79. The van der Waals surface area contributed by atoms with Gasteiger partial charge in [0.05, 0.1) is 11.8 Å². The van der Waals surface area contributed by atoms with Crippen molar-refractivity contribution in [1.29, 1.82) is 0 Å². The van der Waals surface area contributed by atoms with Crippen molar-refractivity contribution in [3.8, 4) is 5.75 Å². The van der Waals surface area contributed by atoms with Crippen molar-refractivity contribution < 1.29 is 4.74 Å². The second-order valence-corrected chi connectivity index (χ2v) is 8.30. The maximum Gasteiger partial charge on any atom is 0.200 e. The van der Waals surface area contributed by atoms with Gasteiger partial charge in [-0.15, -0.1) is 0 Å². The predicted octanol–water partition coefficient (Wildman–Crippen LogP) is 3.81. The van der Waals surface area contributed by atoms with E-state index in [1.807, 2.05) is 12.3 Å². The number of fused-ring (bicyclic) bond motifs is 4. The highest BCUT2D eigenvalue weighted by molar-refractivity contribution is 9.10. The SMILES string of the molecule is CN1CCC2(CC1)Oc1ccc(Br)cc1[C@@H]1CC(c3cccnc3)=NN12. The third-order valence-corrected chi connectivity index (χ3v) is 6.22. The van der Waals surface area contributed by atoms with Crippen LogP contribution in [0.1, 0.15) is 36.4 Å². The first-order valence-corrected chi connectivity index (χ1v) is 9.88. The number of ether oxygens (including phenoxy) is 1. The van der Waals surface area contributed by atoms with E-state index in [9.17, 15) is 0 Å². The molecule has 3 aliphatic rings. The Balaban J connectivity index is 1.60. The number of nitrogens with zero attached hydrogens (tertiary/aromatic N) is 4. The highest BCUT2D eigenvalue weighted by Gasteiger charge is 2.51. The standard InChI is InChI=1S/C20H21BrN4O/c1-24-9-6-20(7-10-24)25-18(16-11-15(21)4-5-19(16)26-20)12-17(23-25)14-3-2-8-22-13-14/h2-5,8,11,13,18H,6-7,9-10,12H2,1H3/t18-/m0/s1. The molecule has 0 saturated carbocycles. The molecule has 0 amide bonds. The van der Waals surface area contributed by atoms with Crippen LogP contribution in [0.2, 0.25) is 0 Å². The van der Waals surface area contributed by atoms with Gasteiger partial charge in [-0.2, -0.15) is 5.10 Å². The van der Waals surface area contributed by atoms with Gasteiger partial charge in [0.15, 0.2) is 0 Å². The molecule has 3 aliphatic heterocycles. The number of rotatable bonds is 1. The number of hydrogen-bond acceptors (Lipinski definition) is 5. The van der Waals surface area contributed by atoms with Crippen LogP contribution < -0.4 is 4.74 Å². The van der Waals surface area contributed by atoms with Gasteiger partial charge in [0.2, 0.25) is 5.72 Å². The summed E-state index contributed by atoms with van der Waals surface area (Å²) >= 11 is 3.61. The quantitative estimate of drug-likeness (QED) is 0.713. The monoisotopic (exact) mass is 412 g/mol. The van der Waals surface area contributed by atoms with Gasteiger partial charge in [0.25, 0.3) is 0 Å². The van der Waals surface area contributed by atoms with E-state index in [0.29, 0.717) is 0 Å². The molecule has 6 heteroatoms. The zero-order chi connectivity index (χ0) is 17.7. The lowest BCUT2D eigenvalue weighted by atomic mass is 9.91. The van der Waals surface area contributed by atoms with Crippen LogP contribution in [-0.4, -0.2) is 46.5 Å². The lowest BCUT2D eigenvalue weighted by Crippen LogP contribution is -2.58. The third-order valence-electron chi connectivity index (χ3n) is 5.72. The van der Waals surface area contributed by atoms with Crippen molar-refractivity contribution in [3.63, 3.8) is 0 Å². The van der Waals surface area contributed by atoms with Crippen molar-refractivity contribution in [2.24, 2.45) is 5.10 Å². The van der Waals surface area contributed by atoms with Gasteiger partial charge in [-0.25, -0.2) is 5.01 Å². The molecule has 4 heterocycles. The summed E-state index contributed by atoms with van der Waals surface area (Å²) in [5.74, 6) is 1.00. The van der Waals surface area contributed by atoms with Gasteiger partial charge in [-0.3, -0.25) is 4.98 Å². The summed E-state index contributed by atoms with van der Waals surface area (Å²) in [7, 11) is 2.17. The second-order valence-electron chi connectivity index (χ2n) is 7.39. The van der Waals surface area contributed by atoms with E-state index in [1.165, 1.54) is 5.56 Å². The van der Waals surface area contributed by atoms with Gasteiger partial charge in [-0.1, -0.05) is 22.0 Å². The summed E-state index contributed by atoms with van der Waals surface area (Å²) in [6.07, 6.45) is 6.51. The van der Waals surface area contributed by atoms with Crippen LogP contribution in [0.25, 0.3) is 0 Å². The summed E-state index contributed by atoms with van der Waals surface area (Å²) < 4.78 is 7.70. The Labute approximate surface area is 161 Å². The maximum absolute atomic E-state index is 6.62. The minimum Gasteiger partial charge on any atom is -0.466 e. The molecule has 5 rings (SSSR count). The average Bonchev–Trinajstić information content (AvgIpc) is 3.12. The van der Waals surface area contributed by atoms with Gasteiger partial charge in [-0.05, 0) is 31.3 Å². The number of likely N-dealkylation sites (tertiary alicyclic amines) is 1. The summed E-state index contributed by atoms with van der Waals surface area (Å²) in [5, 5.41) is 7.31. The van der Waals surface area contributed by atoms with Crippen LogP contribution in [0.3, 0.4) is 0 Å². The Hall–Kier alpha value is -1.92. The average molecular weight is 413 g/mol. The van der Waals surface area contributed by atoms with Crippen molar-refractivity contribution in [1.82, 2.24) is 14.9 Å². The van der Waals surface area contributed by atoms with Gasteiger partial charge < -0.3 is 9.64 Å². The molecule has 134 valence electrons. The summed E-state index contributed by atoms with van der Waals surface area (Å²) in [6, 6.07) is 10.6. The molecule has 0 radical (unpaired) electrons. The molecular weight excluding hydrogens is 392 g/mol. The van der Waals surface area contributed by atoms with E-state index in [-0.39, 0.29) is 11.8 Å².